The number of halogens is 23. The Morgan fingerprint density at radius 3 is 1.02 bits per heavy atom. The van der Waals surface area contributed by atoms with E-state index in [1.54, 1.807) is 21.1 Å². The Kier molecular flexibility index (Phi) is 28.5. The van der Waals surface area contributed by atoms with Crippen LogP contribution in [-0.2, 0) is 0 Å². The molecule has 0 aromatic carbocycles. The van der Waals surface area contributed by atoms with Gasteiger partial charge in [-0.2, -0.15) is 103 Å². The normalized spacial score (nSPS) is 16.1. The molecule has 2 N–H and O–H groups in total. The lowest BCUT2D eigenvalue weighted by Gasteiger charge is -2.33. The Labute approximate surface area is 343 Å². The van der Waals surface area contributed by atoms with Crippen molar-refractivity contribution < 1.29 is 132 Å². The Bertz CT molecular complexity index is 1050. The van der Waals surface area contributed by atoms with Crippen molar-refractivity contribution in [2.24, 2.45) is 11.8 Å². The van der Waals surface area contributed by atoms with Gasteiger partial charge in [0.15, 0.2) is 0 Å². The topological polar surface area (TPSA) is 40.5 Å². The smallest absolute Gasteiger partial charge is 0.431 e. The summed E-state index contributed by atoms with van der Waals surface area (Å²) >= 11 is 9.44. The summed E-state index contributed by atoms with van der Waals surface area (Å²) in [6.07, 6.45) is -46.0. The van der Waals surface area contributed by atoms with Crippen LogP contribution in [0.3, 0.4) is 0 Å². The number of nitrogens with zero attached hydrogens (tertiary/aromatic N) is 2. The first-order valence-electron chi connectivity index (χ1n) is 15.3. The van der Waals surface area contributed by atoms with E-state index in [1.807, 2.05) is 21.1 Å². The van der Waals surface area contributed by atoms with Gasteiger partial charge in [0.2, 0.25) is 0 Å². The molecule has 0 aliphatic carbocycles. The number of quaternary nitrogens is 2. The molecular weight excluding hydrogens is 947 g/mol. The van der Waals surface area contributed by atoms with Crippen LogP contribution >= 0.6 is 36.0 Å². The molecule has 0 saturated heterocycles. The summed E-state index contributed by atoms with van der Waals surface area (Å²) in [6, 6.07) is 0. The average Bonchev–Trinajstić information content (AvgIpc) is 2.89. The third kappa shape index (κ3) is 25.5. The fourth-order valence-electron chi connectivity index (χ4n) is 4.19. The van der Waals surface area contributed by atoms with Gasteiger partial charge in [0.25, 0.3) is 11.3 Å². The summed E-state index contributed by atoms with van der Waals surface area (Å²) in [7, 11) is 11.3. The number of rotatable bonds is 16. The molecule has 4 atom stereocenters. The zero-order valence-corrected chi connectivity index (χ0v) is 34.7. The van der Waals surface area contributed by atoms with Gasteiger partial charge in [-0.15, -0.1) is 11.6 Å². The van der Waals surface area contributed by atoms with E-state index in [9.17, 15) is 92.9 Å². The van der Waals surface area contributed by atoms with Crippen molar-refractivity contribution in [2.75, 3.05) is 78.5 Å². The molecule has 0 saturated carbocycles. The lowest BCUT2D eigenvalue weighted by atomic mass is 9.88. The zero-order chi connectivity index (χ0) is 45.1. The van der Waals surface area contributed by atoms with Gasteiger partial charge in [0.05, 0.1) is 60.0 Å². The Morgan fingerprint density at radius 1 is 0.526 bits per heavy atom. The quantitative estimate of drug-likeness (QED) is 0.0730. The monoisotopic (exact) mass is 990 g/mol. The van der Waals surface area contributed by atoms with Crippen LogP contribution in [0.4, 0.5) is 87.8 Å². The number of aliphatic hydroxyl groups excluding tert-OH is 2. The molecule has 0 aromatic rings. The minimum Gasteiger partial charge on any atom is -1.00 e. The second kappa shape index (κ2) is 24.6. The standard InChI is InChI=1S/C14H22F10NOS.C8H8F10S.C6H15ClNO.2ClH/c1-25(2,3)7-10(26)8-27-5-4-9(12(16,17)18)6-11(15,13(19,20)21)14(22,23)24;9-5(7(13,14)15,8(16,17)18)3-4(1-2-19)6(10,11)12;1-8(2,3)5-6(9)4-7;;/h9-10,26H,4-8H2,1-3H3;4,19H,1-3H2;6,9H,4-5H2,1-3H3;2*1H/q+1;;+1;;/p-2. The molecule has 0 bridgehead atoms. The van der Waals surface area contributed by atoms with E-state index in [4.69, 9.17) is 16.7 Å². The molecule has 0 amide bonds. The fraction of sp³-hybridized carbons (Fsp3) is 1.00. The Hall–Kier alpha value is 0.01000. The van der Waals surface area contributed by atoms with Gasteiger partial charge in [0.1, 0.15) is 25.3 Å². The van der Waals surface area contributed by atoms with Gasteiger partial charge in [-0.05, 0) is 24.3 Å². The van der Waals surface area contributed by atoms with Crippen LogP contribution in [0.15, 0.2) is 0 Å². The molecule has 4 nitrogen and oxygen atoms in total. The van der Waals surface area contributed by atoms with Crippen molar-refractivity contribution in [1.29, 1.82) is 0 Å². The predicted octanol–water partition coefficient (Wildman–Crippen LogP) is 3.59. The van der Waals surface area contributed by atoms with Crippen LogP contribution in [0.1, 0.15) is 25.7 Å². The van der Waals surface area contributed by atoms with E-state index in [1.165, 1.54) is 0 Å². The van der Waals surface area contributed by atoms with Gasteiger partial charge in [-0.1, -0.05) is 0 Å². The van der Waals surface area contributed by atoms with Crippen molar-refractivity contribution in [1.82, 2.24) is 0 Å². The van der Waals surface area contributed by atoms with Gasteiger partial charge >= 0.3 is 37.1 Å². The molecule has 0 radical (unpaired) electrons. The highest BCUT2D eigenvalue weighted by Gasteiger charge is 2.74. The number of hydrogen-bond donors (Lipinski definition) is 3. The first kappa shape index (κ1) is 66.1. The van der Waals surface area contributed by atoms with Gasteiger partial charge < -0.3 is 44.0 Å². The molecule has 0 aromatic heterocycles. The summed E-state index contributed by atoms with van der Waals surface area (Å²) in [5, 5.41) is 18.7. The van der Waals surface area contributed by atoms with Crippen molar-refractivity contribution in [3.8, 4) is 0 Å². The third-order valence-electron chi connectivity index (χ3n) is 6.87. The lowest BCUT2D eigenvalue weighted by Crippen LogP contribution is -3.00. The Morgan fingerprint density at radius 2 is 0.807 bits per heavy atom. The molecule has 29 heteroatoms. The van der Waals surface area contributed by atoms with Gasteiger partial charge in [-0.25, -0.2) is 8.78 Å². The molecule has 0 heterocycles. The van der Waals surface area contributed by atoms with Crippen LogP contribution in [0.25, 0.3) is 0 Å². The number of alkyl halides is 21. The first-order valence-corrected chi connectivity index (χ1v) is 17.6. The first-order chi connectivity index (χ1) is 23.8. The number of thioether (sulfide) groups is 1. The van der Waals surface area contributed by atoms with Crippen LogP contribution in [0.2, 0.25) is 0 Å². The minimum atomic E-state index is -6.53. The number of thiol groups is 1. The van der Waals surface area contributed by atoms with Crippen LogP contribution in [-0.4, -0.2) is 158 Å². The maximum Gasteiger partial charge on any atom is 0.431 e. The number of hydrogen-bond acceptors (Lipinski definition) is 4. The molecule has 0 aliphatic rings. The highest BCUT2D eigenvalue weighted by atomic mass is 35.5. The highest BCUT2D eigenvalue weighted by Crippen LogP contribution is 2.53. The van der Waals surface area contributed by atoms with E-state index in [2.05, 4.69) is 12.6 Å². The summed E-state index contributed by atoms with van der Waals surface area (Å²) < 4.78 is 251. The number of aliphatic hydroxyl groups is 2. The van der Waals surface area contributed by atoms with E-state index < -0.39 is 104 Å². The maximum absolute atomic E-state index is 13.6. The molecule has 0 spiro atoms. The van der Waals surface area contributed by atoms with Crippen LogP contribution in [0, 0.1) is 11.8 Å². The Balaban J connectivity index is -0.000000261. The van der Waals surface area contributed by atoms with E-state index in [0.717, 1.165) is 16.2 Å². The number of likely N-dealkylation sites (N-methyl/N-ethyl adjacent to an activating group) is 2. The van der Waals surface area contributed by atoms with Gasteiger partial charge in [-0.3, -0.25) is 0 Å². The van der Waals surface area contributed by atoms with Crippen molar-refractivity contribution >= 4 is 36.0 Å². The zero-order valence-electron chi connectivity index (χ0n) is 30.7. The second-order valence-electron chi connectivity index (χ2n) is 14.3. The van der Waals surface area contributed by atoms with Crippen LogP contribution < -0.4 is 24.8 Å². The average molecular weight is 992 g/mol. The van der Waals surface area contributed by atoms with Crippen LogP contribution in [0.5, 0.6) is 0 Å². The van der Waals surface area contributed by atoms with Gasteiger partial charge in [0, 0.05) is 18.6 Å². The molecule has 0 aliphatic heterocycles. The molecule has 0 fully saturated rings. The molecule has 0 rings (SSSR count). The maximum atomic E-state index is 13.6. The van der Waals surface area contributed by atoms with E-state index >= 15 is 0 Å². The minimum absolute atomic E-state index is 0. The third-order valence-corrected chi connectivity index (χ3v) is 8.63. The van der Waals surface area contributed by atoms with Crippen molar-refractivity contribution in [3.05, 3.63) is 0 Å². The predicted molar refractivity (Wildman–Crippen MR) is 169 cm³/mol. The molecule has 4 unspecified atom stereocenters. The summed E-state index contributed by atoms with van der Waals surface area (Å²) in [6.45, 7) is 0.953. The molecule has 57 heavy (non-hydrogen) atoms. The fourth-order valence-corrected chi connectivity index (χ4v) is 5.60. The summed E-state index contributed by atoms with van der Waals surface area (Å²) in [5.41, 5.74) is -11.8. The van der Waals surface area contributed by atoms with E-state index in [-0.39, 0.29) is 43.2 Å². The highest BCUT2D eigenvalue weighted by molar-refractivity contribution is 7.99. The largest absolute Gasteiger partial charge is 1.00 e. The van der Waals surface area contributed by atoms with E-state index in [0.29, 0.717) is 16.9 Å². The summed E-state index contributed by atoms with van der Waals surface area (Å²) in [4.78, 5) is 0. The van der Waals surface area contributed by atoms with Crippen molar-refractivity contribution in [2.45, 2.75) is 86.3 Å². The SMILES string of the molecule is C[N+](C)(C)CC(O)CCl.C[N+](C)(C)CC(O)CSCCC(CC(F)(C(F)(F)F)C(F)(F)F)C(F)(F)F.FC(F)(F)C(CCS)CC(F)(C(F)(F)F)C(F)(F)F.[Cl-].[Cl-]. The molecule has 352 valence electrons. The lowest BCUT2D eigenvalue weighted by molar-refractivity contribution is -0.873. The van der Waals surface area contributed by atoms with Crippen molar-refractivity contribution in [3.63, 3.8) is 0 Å². The molecular formula is C28H45Cl3F20N2O2S2. The summed E-state index contributed by atoms with van der Waals surface area (Å²) in [5.74, 6) is -7.05. The second-order valence-corrected chi connectivity index (χ2v) is 16.2.